The summed E-state index contributed by atoms with van der Waals surface area (Å²) in [4.78, 5) is 17.0. The molecule has 0 bridgehead atoms. The van der Waals surface area contributed by atoms with E-state index in [1.165, 1.54) is 19.3 Å². The number of hydrogen-bond acceptors (Lipinski definition) is 2. The van der Waals surface area contributed by atoms with Crippen LogP contribution in [0.3, 0.4) is 0 Å². The van der Waals surface area contributed by atoms with E-state index in [1.807, 2.05) is 0 Å². The van der Waals surface area contributed by atoms with Gasteiger partial charge in [-0.3, -0.25) is 0 Å². The first-order chi connectivity index (χ1) is 4.41. The highest BCUT2D eigenvalue weighted by Gasteiger charge is 1.88. The van der Waals surface area contributed by atoms with Gasteiger partial charge in [-0.25, -0.2) is 0 Å². The van der Waals surface area contributed by atoms with E-state index < -0.39 is 19.5 Å². The Balaban J connectivity index is 2.60. The Morgan fingerprint density at radius 1 is 0.778 bits per heavy atom. The van der Waals surface area contributed by atoms with Gasteiger partial charge in [0.2, 0.25) is 0 Å². The van der Waals surface area contributed by atoms with Crippen LogP contribution in [0.25, 0.3) is 0 Å². The standard InChI is InChI=1S/C5H16O2Si2/c6-8-4-2-1-3-5-9-7/h6-7H,1-5,8-9H2. The van der Waals surface area contributed by atoms with Crippen molar-refractivity contribution >= 4 is 19.5 Å². The van der Waals surface area contributed by atoms with Gasteiger partial charge >= 0.3 is 0 Å². The second-order valence-electron chi connectivity index (χ2n) is 2.21. The molecule has 0 fully saturated rings. The smallest absolute Gasteiger partial charge is 0.156 e. The summed E-state index contributed by atoms with van der Waals surface area (Å²) in [5, 5.41) is 0. The van der Waals surface area contributed by atoms with Crippen molar-refractivity contribution in [2.45, 2.75) is 31.4 Å². The van der Waals surface area contributed by atoms with Crippen molar-refractivity contribution < 1.29 is 9.59 Å². The topological polar surface area (TPSA) is 40.5 Å². The molecule has 0 aromatic carbocycles. The van der Waals surface area contributed by atoms with E-state index in [0.717, 1.165) is 12.1 Å². The summed E-state index contributed by atoms with van der Waals surface area (Å²) >= 11 is 0. The summed E-state index contributed by atoms with van der Waals surface area (Å²) in [5.74, 6) is 0. The second-order valence-corrected chi connectivity index (χ2v) is 4.52. The van der Waals surface area contributed by atoms with Crippen molar-refractivity contribution in [3.63, 3.8) is 0 Å². The second kappa shape index (κ2) is 8.35. The maximum atomic E-state index is 8.52. The summed E-state index contributed by atoms with van der Waals surface area (Å²) < 4.78 is 0. The maximum absolute atomic E-state index is 8.52. The zero-order valence-corrected chi connectivity index (χ0v) is 8.67. The highest BCUT2D eigenvalue weighted by molar-refractivity contribution is 6.25. The average Bonchev–Trinajstić information content (AvgIpc) is 1.89. The zero-order chi connectivity index (χ0) is 6.95. The molecule has 0 spiro atoms. The van der Waals surface area contributed by atoms with Gasteiger partial charge in [-0.2, -0.15) is 0 Å². The number of rotatable bonds is 6. The molecule has 0 aliphatic heterocycles. The van der Waals surface area contributed by atoms with Gasteiger partial charge in [-0.05, 0) is 12.1 Å². The Hall–Kier alpha value is 0.354. The molecule has 9 heavy (non-hydrogen) atoms. The van der Waals surface area contributed by atoms with Crippen LogP contribution in [0.15, 0.2) is 0 Å². The monoisotopic (exact) mass is 164 g/mol. The molecular weight excluding hydrogens is 148 g/mol. The summed E-state index contributed by atoms with van der Waals surface area (Å²) in [6.45, 7) is 0. The van der Waals surface area contributed by atoms with Crippen molar-refractivity contribution in [3.8, 4) is 0 Å². The van der Waals surface area contributed by atoms with Gasteiger partial charge in [0.25, 0.3) is 0 Å². The molecule has 0 aromatic heterocycles. The first kappa shape index (κ1) is 9.35. The molecule has 0 aromatic rings. The van der Waals surface area contributed by atoms with E-state index in [2.05, 4.69) is 0 Å². The van der Waals surface area contributed by atoms with Crippen LogP contribution in [-0.4, -0.2) is 29.1 Å². The molecular formula is C5H16O2Si2. The first-order valence-electron chi connectivity index (χ1n) is 3.63. The lowest BCUT2D eigenvalue weighted by Crippen LogP contribution is -1.88. The predicted octanol–water partition coefficient (Wildman–Crippen LogP) is -0.855. The summed E-state index contributed by atoms with van der Waals surface area (Å²) in [5.41, 5.74) is 0. The lowest BCUT2D eigenvalue weighted by molar-refractivity contribution is 0.583. The first-order valence-corrected chi connectivity index (χ1v) is 6.90. The normalized spacial score (nSPS) is 12.7. The Morgan fingerprint density at radius 2 is 1.22 bits per heavy atom. The Bertz CT molecular complexity index is 46.2. The molecule has 0 unspecified atom stereocenters. The molecule has 4 heteroatoms. The Labute approximate surface area is 61.2 Å². The van der Waals surface area contributed by atoms with E-state index in [4.69, 9.17) is 9.59 Å². The van der Waals surface area contributed by atoms with E-state index in [-0.39, 0.29) is 0 Å². The van der Waals surface area contributed by atoms with E-state index in [1.54, 1.807) is 0 Å². The minimum atomic E-state index is -0.671. The molecule has 0 saturated heterocycles. The molecule has 0 aliphatic carbocycles. The van der Waals surface area contributed by atoms with Crippen LogP contribution < -0.4 is 0 Å². The van der Waals surface area contributed by atoms with Crippen LogP contribution in [0.5, 0.6) is 0 Å². The number of unbranched alkanes of at least 4 members (excludes halogenated alkanes) is 2. The fourth-order valence-corrected chi connectivity index (χ4v) is 1.91. The Kier molecular flexibility index (Phi) is 8.68. The largest absolute Gasteiger partial charge is 0.438 e. The van der Waals surface area contributed by atoms with Crippen molar-refractivity contribution in [2.24, 2.45) is 0 Å². The molecule has 2 N–H and O–H groups in total. The third-order valence-electron chi connectivity index (χ3n) is 1.32. The van der Waals surface area contributed by atoms with Crippen molar-refractivity contribution in [1.82, 2.24) is 0 Å². The van der Waals surface area contributed by atoms with Gasteiger partial charge in [0.05, 0.1) is 0 Å². The van der Waals surface area contributed by atoms with Crippen LogP contribution in [0, 0.1) is 0 Å². The third kappa shape index (κ3) is 8.35. The van der Waals surface area contributed by atoms with Crippen LogP contribution in [0.1, 0.15) is 19.3 Å². The van der Waals surface area contributed by atoms with Crippen LogP contribution in [-0.2, 0) is 0 Å². The van der Waals surface area contributed by atoms with Gasteiger partial charge in [-0.15, -0.1) is 0 Å². The minimum Gasteiger partial charge on any atom is -0.438 e. The predicted molar refractivity (Wildman–Crippen MR) is 45.0 cm³/mol. The molecule has 0 amide bonds. The van der Waals surface area contributed by atoms with Crippen molar-refractivity contribution in [1.29, 1.82) is 0 Å². The van der Waals surface area contributed by atoms with Crippen molar-refractivity contribution in [2.75, 3.05) is 0 Å². The van der Waals surface area contributed by atoms with Crippen LogP contribution in [0.4, 0.5) is 0 Å². The lowest BCUT2D eigenvalue weighted by atomic mass is 10.3. The van der Waals surface area contributed by atoms with Crippen molar-refractivity contribution in [3.05, 3.63) is 0 Å². The molecule has 0 saturated carbocycles. The Morgan fingerprint density at radius 3 is 1.56 bits per heavy atom. The van der Waals surface area contributed by atoms with Crippen LogP contribution in [0.2, 0.25) is 12.1 Å². The molecule has 56 valence electrons. The molecule has 0 aliphatic rings. The minimum absolute atomic E-state index is 0.671. The molecule has 2 nitrogen and oxygen atoms in total. The van der Waals surface area contributed by atoms with Gasteiger partial charge in [-0.1, -0.05) is 19.3 Å². The fourth-order valence-electron chi connectivity index (χ4n) is 0.754. The molecule has 0 atom stereocenters. The highest BCUT2D eigenvalue weighted by Crippen LogP contribution is 2.01. The average molecular weight is 164 g/mol. The maximum Gasteiger partial charge on any atom is 0.156 e. The summed E-state index contributed by atoms with van der Waals surface area (Å²) in [6, 6.07) is 2.12. The summed E-state index contributed by atoms with van der Waals surface area (Å²) in [6.07, 6.45) is 3.56. The molecule has 0 rings (SSSR count). The highest BCUT2D eigenvalue weighted by atomic mass is 28.2. The van der Waals surface area contributed by atoms with E-state index in [0.29, 0.717) is 0 Å². The molecule has 0 radical (unpaired) electrons. The SMILES string of the molecule is O[SiH2]CCCCC[SiH2]O. The van der Waals surface area contributed by atoms with E-state index in [9.17, 15) is 0 Å². The zero-order valence-electron chi connectivity index (χ0n) is 5.84. The fraction of sp³-hybridized carbons (Fsp3) is 1.00. The quantitative estimate of drug-likeness (QED) is 0.396. The van der Waals surface area contributed by atoms with E-state index >= 15 is 0 Å². The molecule has 0 heterocycles. The lowest BCUT2D eigenvalue weighted by Gasteiger charge is -1.94. The van der Waals surface area contributed by atoms with Gasteiger partial charge in [0.1, 0.15) is 0 Å². The third-order valence-corrected chi connectivity index (χ3v) is 2.95. The number of hydrogen-bond donors (Lipinski definition) is 2. The van der Waals surface area contributed by atoms with Gasteiger partial charge < -0.3 is 9.59 Å². The summed E-state index contributed by atoms with van der Waals surface area (Å²) in [7, 11) is -1.34. The van der Waals surface area contributed by atoms with Crippen LogP contribution >= 0.6 is 0 Å². The van der Waals surface area contributed by atoms with Gasteiger partial charge in [0.15, 0.2) is 19.5 Å². The van der Waals surface area contributed by atoms with Gasteiger partial charge in [0, 0.05) is 0 Å².